The molecule has 0 aliphatic rings. The fourth-order valence-corrected chi connectivity index (χ4v) is 2.12. The first-order chi connectivity index (χ1) is 8.60. The summed E-state index contributed by atoms with van der Waals surface area (Å²) in [5.74, 6) is 0. The molecule has 0 saturated heterocycles. The van der Waals surface area contributed by atoms with Gasteiger partial charge in [0.15, 0.2) is 0 Å². The maximum Gasteiger partial charge on any atom is 0.0942 e. The van der Waals surface area contributed by atoms with Crippen molar-refractivity contribution in [2.45, 2.75) is 59.1 Å². The molecule has 0 saturated carbocycles. The lowest BCUT2D eigenvalue weighted by molar-refractivity contribution is 0.126. The third-order valence-corrected chi connectivity index (χ3v) is 3.63. The Morgan fingerprint density at radius 3 is 2.44 bits per heavy atom. The quantitative estimate of drug-likeness (QED) is 0.725. The van der Waals surface area contributed by atoms with Crippen LogP contribution in [0.3, 0.4) is 0 Å². The van der Waals surface area contributed by atoms with Crippen molar-refractivity contribution in [2.24, 2.45) is 0 Å². The van der Waals surface area contributed by atoms with Crippen molar-refractivity contribution in [2.75, 3.05) is 6.54 Å². The smallest absolute Gasteiger partial charge is 0.0942 e. The van der Waals surface area contributed by atoms with E-state index in [-0.39, 0.29) is 6.04 Å². The summed E-state index contributed by atoms with van der Waals surface area (Å²) in [4.78, 5) is 0. The van der Waals surface area contributed by atoms with Gasteiger partial charge >= 0.3 is 0 Å². The van der Waals surface area contributed by atoms with Crippen LogP contribution in [-0.2, 0) is 0 Å². The number of hydrogen-bond donors (Lipinski definition) is 2. The molecule has 18 heavy (non-hydrogen) atoms. The minimum atomic E-state index is -0.411. The molecule has 0 fully saturated rings. The Kier molecular flexibility index (Phi) is 6.37. The summed E-state index contributed by atoms with van der Waals surface area (Å²) in [5, 5.41) is 13.9. The van der Waals surface area contributed by atoms with Gasteiger partial charge in [0.2, 0.25) is 0 Å². The van der Waals surface area contributed by atoms with E-state index >= 15 is 0 Å². The summed E-state index contributed by atoms with van der Waals surface area (Å²) in [5.41, 5.74) is 3.54. The normalized spacial score (nSPS) is 14.5. The maximum absolute atomic E-state index is 10.4. The van der Waals surface area contributed by atoms with Gasteiger partial charge in [-0.3, -0.25) is 0 Å². The SMILES string of the molecule is CCCCNC(CC)C(O)c1ccc(C)c(C)c1. The van der Waals surface area contributed by atoms with Gasteiger partial charge in [-0.1, -0.05) is 38.5 Å². The topological polar surface area (TPSA) is 32.3 Å². The first-order valence-corrected chi connectivity index (χ1v) is 7.08. The highest BCUT2D eigenvalue weighted by molar-refractivity contribution is 5.31. The van der Waals surface area contributed by atoms with Crippen LogP contribution in [0.1, 0.15) is 55.9 Å². The molecule has 2 unspecified atom stereocenters. The molecule has 0 bridgehead atoms. The molecule has 1 aromatic rings. The second-order valence-electron chi connectivity index (χ2n) is 5.11. The highest BCUT2D eigenvalue weighted by Crippen LogP contribution is 2.21. The molecule has 2 atom stereocenters. The number of aliphatic hydroxyl groups is 1. The molecule has 0 heterocycles. The molecule has 0 aliphatic carbocycles. The van der Waals surface area contributed by atoms with Gasteiger partial charge in [0.05, 0.1) is 6.10 Å². The number of aryl methyl sites for hydroxylation is 2. The van der Waals surface area contributed by atoms with Crippen LogP contribution in [0, 0.1) is 13.8 Å². The van der Waals surface area contributed by atoms with Crippen LogP contribution in [0.15, 0.2) is 18.2 Å². The Hall–Kier alpha value is -0.860. The van der Waals surface area contributed by atoms with Gasteiger partial charge in [0.25, 0.3) is 0 Å². The van der Waals surface area contributed by atoms with Crippen molar-refractivity contribution in [1.29, 1.82) is 0 Å². The number of aliphatic hydroxyl groups excluding tert-OH is 1. The number of unbranched alkanes of at least 4 members (excludes halogenated alkanes) is 1. The zero-order valence-corrected chi connectivity index (χ0v) is 12.2. The van der Waals surface area contributed by atoms with Crippen LogP contribution in [0.5, 0.6) is 0 Å². The monoisotopic (exact) mass is 249 g/mol. The molecular formula is C16H27NO. The second kappa shape index (κ2) is 7.55. The molecular weight excluding hydrogens is 222 g/mol. The van der Waals surface area contributed by atoms with Crippen molar-refractivity contribution >= 4 is 0 Å². The van der Waals surface area contributed by atoms with Crippen molar-refractivity contribution < 1.29 is 5.11 Å². The number of nitrogens with one attached hydrogen (secondary N) is 1. The predicted molar refractivity (Wildman–Crippen MR) is 77.9 cm³/mol. The lowest BCUT2D eigenvalue weighted by Gasteiger charge is -2.24. The average Bonchev–Trinajstić information content (AvgIpc) is 2.37. The Labute approximate surface area is 111 Å². The Morgan fingerprint density at radius 1 is 1.17 bits per heavy atom. The molecule has 0 amide bonds. The lowest BCUT2D eigenvalue weighted by atomic mass is 9.97. The fourth-order valence-electron chi connectivity index (χ4n) is 2.12. The summed E-state index contributed by atoms with van der Waals surface area (Å²) < 4.78 is 0. The molecule has 2 N–H and O–H groups in total. The van der Waals surface area contributed by atoms with Gasteiger partial charge in [-0.2, -0.15) is 0 Å². The molecule has 0 aromatic heterocycles. The Morgan fingerprint density at radius 2 is 1.89 bits per heavy atom. The molecule has 2 heteroatoms. The van der Waals surface area contributed by atoms with Crippen molar-refractivity contribution in [3.63, 3.8) is 0 Å². The van der Waals surface area contributed by atoms with Crippen molar-refractivity contribution in [3.8, 4) is 0 Å². The first-order valence-electron chi connectivity index (χ1n) is 7.08. The first kappa shape index (κ1) is 15.2. The number of rotatable bonds is 7. The zero-order chi connectivity index (χ0) is 13.5. The van der Waals surface area contributed by atoms with Crippen LogP contribution in [0.2, 0.25) is 0 Å². The molecule has 0 radical (unpaired) electrons. The van der Waals surface area contributed by atoms with Crippen LogP contribution in [-0.4, -0.2) is 17.7 Å². The molecule has 2 nitrogen and oxygen atoms in total. The molecule has 0 aliphatic heterocycles. The predicted octanol–water partition coefficient (Wildman–Crippen LogP) is 3.51. The zero-order valence-electron chi connectivity index (χ0n) is 12.2. The standard InChI is InChI=1S/C16H27NO/c1-5-7-10-17-15(6-2)16(18)14-9-8-12(3)13(4)11-14/h8-9,11,15-18H,5-7,10H2,1-4H3. The van der Waals surface area contributed by atoms with Gasteiger partial charge in [0.1, 0.15) is 0 Å². The van der Waals surface area contributed by atoms with Gasteiger partial charge in [-0.15, -0.1) is 0 Å². The van der Waals surface area contributed by atoms with Crippen LogP contribution < -0.4 is 5.32 Å². The van der Waals surface area contributed by atoms with Crippen LogP contribution in [0.25, 0.3) is 0 Å². The largest absolute Gasteiger partial charge is 0.387 e. The third kappa shape index (κ3) is 4.11. The fraction of sp³-hybridized carbons (Fsp3) is 0.625. The van der Waals surface area contributed by atoms with E-state index in [4.69, 9.17) is 0 Å². The van der Waals surface area contributed by atoms with E-state index in [1.807, 2.05) is 6.07 Å². The molecule has 102 valence electrons. The van der Waals surface area contributed by atoms with Gasteiger partial charge in [-0.25, -0.2) is 0 Å². The van der Waals surface area contributed by atoms with Crippen molar-refractivity contribution in [3.05, 3.63) is 34.9 Å². The summed E-state index contributed by atoms with van der Waals surface area (Å²) >= 11 is 0. The van der Waals surface area contributed by atoms with Gasteiger partial charge < -0.3 is 10.4 Å². The summed E-state index contributed by atoms with van der Waals surface area (Å²) in [6, 6.07) is 6.38. The Bertz CT molecular complexity index is 362. The molecule has 0 spiro atoms. The summed E-state index contributed by atoms with van der Waals surface area (Å²) in [7, 11) is 0. The van der Waals surface area contributed by atoms with E-state index in [0.29, 0.717) is 0 Å². The van der Waals surface area contributed by atoms with Gasteiger partial charge in [-0.05, 0) is 49.9 Å². The lowest BCUT2D eigenvalue weighted by Crippen LogP contribution is -2.35. The average molecular weight is 249 g/mol. The number of benzene rings is 1. The summed E-state index contributed by atoms with van der Waals surface area (Å²) in [6.45, 7) is 9.48. The third-order valence-electron chi connectivity index (χ3n) is 3.63. The van der Waals surface area contributed by atoms with E-state index in [2.05, 4.69) is 45.1 Å². The van der Waals surface area contributed by atoms with Crippen LogP contribution >= 0.6 is 0 Å². The molecule has 1 aromatic carbocycles. The minimum absolute atomic E-state index is 0.152. The van der Waals surface area contributed by atoms with Crippen molar-refractivity contribution in [1.82, 2.24) is 5.32 Å². The summed E-state index contributed by atoms with van der Waals surface area (Å²) in [6.07, 6.45) is 2.88. The highest BCUT2D eigenvalue weighted by atomic mass is 16.3. The van der Waals surface area contributed by atoms with Crippen LogP contribution in [0.4, 0.5) is 0 Å². The minimum Gasteiger partial charge on any atom is -0.387 e. The van der Waals surface area contributed by atoms with E-state index in [0.717, 1.165) is 24.9 Å². The second-order valence-corrected chi connectivity index (χ2v) is 5.11. The van der Waals surface area contributed by atoms with E-state index in [1.54, 1.807) is 0 Å². The van der Waals surface area contributed by atoms with E-state index in [1.165, 1.54) is 17.5 Å². The van der Waals surface area contributed by atoms with E-state index < -0.39 is 6.10 Å². The highest BCUT2D eigenvalue weighted by Gasteiger charge is 2.18. The van der Waals surface area contributed by atoms with Gasteiger partial charge in [0, 0.05) is 6.04 Å². The Balaban J connectivity index is 2.69. The van der Waals surface area contributed by atoms with E-state index in [9.17, 15) is 5.11 Å². The molecule has 1 rings (SSSR count). The number of hydrogen-bond acceptors (Lipinski definition) is 2. The maximum atomic E-state index is 10.4.